The molecule has 0 saturated carbocycles. The fourth-order valence-corrected chi connectivity index (χ4v) is 2.43. The summed E-state index contributed by atoms with van der Waals surface area (Å²) in [6, 6.07) is 10.5. The van der Waals surface area contributed by atoms with Crippen molar-refractivity contribution >= 4 is 27.4 Å². The van der Waals surface area contributed by atoms with E-state index in [1.165, 1.54) is 11.1 Å². The van der Waals surface area contributed by atoms with E-state index in [0.717, 1.165) is 22.5 Å². The molecule has 2 rings (SSSR count). The normalized spacial score (nSPS) is 10.5. The van der Waals surface area contributed by atoms with Crippen LogP contribution < -0.4 is 10.2 Å². The van der Waals surface area contributed by atoms with Crippen LogP contribution in [-0.2, 0) is 6.54 Å². The number of benzene rings is 1. The van der Waals surface area contributed by atoms with Gasteiger partial charge >= 0.3 is 0 Å². The van der Waals surface area contributed by atoms with Crippen LogP contribution in [0.5, 0.6) is 0 Å². The second-order valence-corrected chi connectivity index (χ2v) is 5.48. The number of nitrogens with zero attached hydrogens (tertiary/aromatic N) is 2. The van der Waals surface area contributed by atoms with Crippen molar-refractivity contribution in [2.75, 3.05) is 19.0 Å². The van der Waals surface area contributed by atoms with Crippen LogP contribution in [0.1, 0.15) is 11.1 Å². The fraction of sp³-hybridized carbons (Fsp3) is 0.267. The third kappa shape index (κ3) is 3.33. The predicted molar refractivity (Wildman–Crippen MR) is 83.9 cm³/mol. The Kier molecular flexibility index (Phi) is 4.56. The predicted octanol–water partition coefficient (Wildman–Crippen LogP) is 3.64. The van der Waals surface area contributed by atoms with E-state index in [1.54, 1.807) is 0 Å². The molecule has 0 bridgehead atoms. The zero-order valence-corrected chi connectivity index (χ0v) is 13.0. The number of aromatic nitrogens is 1. The van der Waals surface area contributed by atoms with Crippen LogP contribution >= 0.6 is 15.9 Å². The molecule has 19 heavy (non-hydrogen) atoms. The zero-order valence-electron chi connectivity index (χ0n) is 11.4. The first-order valence-corrected chi connectivity index (χ1v) is 7.00. The highest BCUT2D eigenvalue weighted by molar-refractivity contribution is 9.10. The average Bonchev–Trinajstić information content (AvgIpc) is 2.39. The highest BCUT2D eigenvalue weighted by Crippen LogP contribution is 2.27. The molecule has 0 aliphatic heterocycles. The molecule has 3 nitrogen and oxygen atoms in total. The Bertz CT molecular complexity index is 569. The molecule has 0 saturated heterocycles. The second-order valence-electron chi connectivity index (χ2n) is 4.56. The standard InChI is InChI=1S/C15H18BrN3/c1-11-5-4-6-14(7-11)19(3)15-12(9-17-2)8-13(16)10-18-15/h4-8,10,17H,9H2,1-3H3. The van der Waals surface area contributed by atoms with Crippen molar-refractivity contribution in [3.05, 3.63) is 52.1 Å². The van der Waals surface area contributed by atoms with Crippen LogP contribution in [0.15, 0.2) is 41.0 Å². The molecule has 0 radical (unpaired) electrons. The second kappa shape index (κ2) is 6.17. The lowest BCUT2D eigenvalue weighted by molar-refractivity contribution is 0.809. The van der Waals surface area contributed by atoms with E-state index in [2.05, 4.69) is 68.4 Å². The van der Waals surface area contributed by atoms with E-state index in [9.17, 15) is 0 Å². The van der Waals surface area contributed by atoms with E-state index < -0.39 is 0 Å². The van der Waals surface area contributed by atoms with Gasteiger partial charge in [-0.05, 0) is 53.7 Å². The lowest BCUT2D eigenvalue weighted by atomic mass is 10.2. The van der Waals surface area contributed by atoms with Gasteiger partial charge in [0.05, 0.1) is 0 Å². The number of pyridine rings is 1. The molecule has 0 unspecified atom stereocenters. The van der Waals surface area contributed by atoms with Crippen molar-refractivity contribution in [2.24, 2.45) is 0 Å². The summed E-state index contributed by atoms with van der Waals surface area (Å²) in [5.41, 5.74) is 3.56. The topological polar surface area (TPSA) is 28.2 Å². The molecule has 1 aromatic carbocycles. The molecule has 0 fully saturated rings. The number of anilines is 2. The van der Waals surface area contributed by atoms with Gasteiger partial charge < -0.3 is 10.2 Å². The largest absolute Gasteiger partial charge is 0.329 e. The maximum atomic E-state index is 4.54. The van der Waals surface area contributed by atoms with Gasteiger partial charge in [0, 0.05) is 35.5 Å². The van der Waals surface area contributed by atoms with Crippen LogP contribution in [0.3, 0.4) is 0 Å². The number of halogens is 1. The Balaban J connectivity index is 2.40. The summed E-state index contributed by atoms with van der Waals surface area (Å²) in [5, 5.41) is 3.18. The first kappa shape index (κ1) is 14.0. The molecular weight excluding hydrogens is 302 g/mol. The van der Waals surface area contributed by atoms with E-state index in [4.69, 9.17) is 0 Å². The summed E-state index contributed by atoms with van der Waals surface area (Å²) < 4.78 is 0.999. The van der Waals surface area contributed by atoms with Gasteiger partial charge in [-0.2, -0.15) is 0 Å². The highest BCUT2D eigenvalue weighted by Gasteiger charge is 2.11. The van der Waals surface area contributed by atoms with Gasteiger partial charge in [0.15, 0.2) is 0 Å². The Labute approximate surface area is 122 Å². The van der Waals surface area contributed by atoms with Gasteiger partial charge in [0.2, 0.25) is 0 Å². The van der Waals surface area contributed by atoms with E-state index in [0.29, 0.717) is 0 Å². The van der Waals surface area contributed by atoms with Crippen LogP contribution in [0, 0.1) is 6.92 Å². The minimum atomic E-state index is 0.790. The molecule has 0 spiro atoms. The van der Waals surface area contributed by atoms with E-state index in [-0.39, 0.29) is 0 Å². The zero-order chi connectivity index (χ0) is 13.8. The molecule has 1 aromatic heterocycles. The minimum Gasteiger partial charge on any atom is -0.329 e. The number of rotatable bonds is 4. The third-order valence-electron chi connectivity index (χ3n) is 2.98. The van der Waals surface area contributed by atoms with Crippen LogP contribution in [0.4, 0.5) is 11.5 Å². The molecule has 100 valence electrons. The lowest BCUT2D eigenvalue weighted by Gasteiger charge is -2.22. The molecule has 0 aliphatic rings. The van der Waals surface area contributed by atoms with E-state index in [1.807, 2.05) is 20.3 Å². The molecule has 4 heteroatoms. The molecule has 0 atom stereocenters. The highest BCUT2D eigenvalue weighted by atomic mass is 79.9. The Morgan fingerprint density at radius 3 is 2.79 bits per heavy atom. The average molecular weight is 320 g/mol. The molecule has 0 amide bonds. The van der Waals surface area contributed by atoms with Crippen LogP contribution in [0.2, 0.25) is 0 Å². The quantitative estimate of drug-likeness (QED) is 0.932. The van der Waals surface area contributed by atoms with Crippen molar-refractivity contribution in [3.8, 4) is 0 Å². The van der Waals surface area contributed by atoms with Crippen molar-refractivity contribution in [1.82, 2.24) is 10.3 Å². The summed E-state index contributed by atoms with van der Waals surface area (Å²) >= 11 is 3.47. The third-order valence-corrected chi connectivity index (χ3v) is 3.42. The summed E-state index contributed by atoms with van der Waals surface area (Å²) in [5.74, 6) is 0.975. The molecule has 0 aliphatic carbocycles. The summed E-state index contributed by atoms with van der Waals surface area (Å²) in [4.78, 5) is 6.66. The number of aryl methyl sites for hydroxylation is 1. The molecule has 1 heterocycles. The van der Waals surface area contributed by atoms with Gasteiger partial charge in [-0.3, -0.25) is 0 Å². The molecule has 1 N–H and O–H groups in total. The smallest absolute Gasteiger partial charge is 0.137 e. The minimum absolute atomic E-state index is 0.790. The number of hydrogen-bond donors (Lipinski definition) is 1. The number of nitrogens with one attached hydrogen (secondary N) is 1. The first-order valence-electron chi connectivity index (χ1n) is 6.21. The first-order chi connectivity index (χ1) is 9.11. The van der Waals surface area contributed by atoms with Crippen molar-refractivity contribution < 1.29 is 0 Å². The summed E-state index contributed by atoms with van der Waals surface area (Å²) in [7, 11) is 3.99. The van der Waals surface area contributed by atoms with Gasteiger partial charge in [-0.15, -0.1) is 0 Å². The van der Waals surface area contributed by atoms with Gasteiger partial charge in [0.25, 0.3) is 0 Å². The van der Waals surface area contributed by atoms with Gasteiger partial charge in [-0.1, -0.05) is 12.1 Å². The van der Waals surface area contributed by atoms with Crippen molar-refractivity contribution in [3.63, 3.8) is 0 Å². The van der Waals surface area contributed by atoms with E-state index >= 15 is 0 Å². The van der Waals surface area contributed by atoms with Crippen LogP contribution in [0.25, 0.3) is 0 Å². The summed E-state index contributed by atoms with van der Waals surface area (Å²) in [6.45, 7) is 2.89. The molecule has 2 aromatic rings. The number of hydrogen-bond acceptors (Lipinski definition) is 3. The monoisotopic (exact) mass is 319 g/mol. The van der Waals surface area contributed by atoms with Gasteiger partial charge in [-0.25, -0.2) is 4.98 Å². The van der Waals surface area contributed by atoms with Crippen molar-refractivity contribution in [2.45, 2.75) is 13.5 Å². The lowest BCUT2D eigenvalue weighted by Crippen LogP contribution is -2.16. The maximum Gasteiger partial charge on any atom is 0.137 e. The summed E-state index contributed by atoms with van der Waals surface area (Å²) in [6.07, 6.45) is 1.83. The maximum absolute atomic E-state index is 4.54. The Hall–Kier alpha value is -1.39. The van der Waals surface area contributed by atoms with Crippen LogP contribution in [-0.4, -0.2) is 19.1 Å². The van der Waals surface area contributed by atoms with Gasteiger partial charge in [0.1, 0.15) is 5.82 Å². The fourth-order valence-electron chi connectivity index (χ4n) is 2.06. The Morgan fingerprint density at radius 2 is 2.11 bits per heavy atom. The van der Waals surface area contributed by atoms with Crippen molar-refractivity contribution in [1.29, 1.82) is 0 Å². The Morgan fingerprint density at radius 1 is 1.32 bits per heavy atom. The molecular formula is C15H18BrN3. The SMILES string of the molecule is CNCc1cc(Br)cnc1N(C)c1cccc(C)c1.